The van der Waals surface area contributed by atoms with Gasteiger partial charge < -0.3 is 15.2 Å². The van der Waals surface area contributed by atoms with Crippen molar-refractivity contribution in [2.45, 2.75) is 25.3 Å². The van der Waals surface area contributed by atoms with Crippen LogP contribution in [0.15, 0.2) is 18.2 Å². The number of methoxy groups -OCH3 is 1. The summed E-state index contributed by atoms with van der Waals surface area (Å²) in [6.07, 6.45) is 2.31. The summed E-state index contributed by atoms with van der Waals surface area (Å²) < 4.78 is 4.85. The maximum Gasteiger partial charge on any atom is 0.326 e. The van der Waals surface area contributed by atoms with Gasteiger partial charge in [0.15, 0.2) is 5.75 Å². The van der Waals surface area contributed by atoms with Gasteiger partial charge in [0.1, 0.15) is 6.04 Å². The van der Waals surface area contributed by atoms with Crippen LogP contribution in [0.2, 0.25) is 0 Å². The van der Waals surface area contributed by atoms with Crippen molar-refractivity contribution in [2.24, 2.45) is 5.92 Å². The second-order valence-corrected chi connectivity index (χ2v) is 5.19. The maximum atomic E-state index is 12.1. The first-order valence-corrected chi connectivity index (χ1v) is 6.78. The zero-order valence-corrected chi connectivity index (χ0v) is 11.9. The Balaban J connectivity index is 2.15. The monoisotopic (exact) mass is 308 g/mol. The summed E-state index contributed by atoms with van der Waals surface area (Å²) in [5.74, 6) is -1.40. The minimum Gasteiger partial charge on any atom is -0.490 e. The van der Waals surface area contributed by atoms with Crippen LogP contribution in [0.1, 0.15) is 29.6 Å². The number of aliphatic carboxylic acids is 1. The first-order chi connectivity index (χ1) is 10.4. The highest BCUT2D eigenvalue weighted by Crippen LogP contribution is 2.33. The zero-order valence-electron chi connectivity index (χ0n) is 11.9. The molecule has 1 amide bonds. The number of hydrogen-bond acceptors (Lipinski definition) is 5. The quantitative estimate of drug-likeness (QED) is 0.583. The van der Waals surface area contributed by atoms with E-state index in [1.807, 2.05) is 0 Å². The van der Waals surface area contributed by atoms with Gasteiger partial charge in [0, 0.05) is 11.6 Å². The normalized spacial score (nSPS) is 15.0. The average Bonchev–Trinajstić information content (AvgIpc) is 3.29. The molecule has 1 aromatic rings. The van der Waals surface area contributed by atoms with Gasteiger partial charge in [0.2, 0.25) is 0 Å². The van der Waals surface area contributed by atoms with Gasteiger partial charge in [0.25, 0.3) is 5.91 Å². The lowest BCUT2D eigenvalue weighted by Crippen LogP contribution is -2.41. The molecule has 0 heterocycles. The van der Waals surface area contributed by atoms with Crippen molar-refractivity contribution < 1.29 is 24.4 Å². The first kappa shape index (κ1) is 15.7. The molecule has 118 valence electrons. The van der Waals surface area contributed by atoms with Gasteiger partial charge in [-0.1, -0.05) is 12.8 Å². The molecule has 0 aliphatic heterocycles. The molecule has 1 aliphatic rings. The second kappa shape index (κ2) is 6.42. The minimum atomic E-state index is -1.11. The largest absolute Gasteiger partial charge is 0.490 e. The Labute approximate surface area is 126 Å². The molecule has 0 saturated heterocycles. The van der Waals surface area contributed by atoms with Gasteiger partial charge >= 0.3 is 11.7 Å². The fourth-order valence-corrected chi connectivity index (χ4v) is 2.12. The molecular formula is C14H16N2O6. The molecule has 0 aromatic heterocycles. The van der Waals surface area contributed by atoms with Crippen LogP contribution < -0.4 is 10.1 Å². The number of nitrogens with one attached hydrogen (secondary N) is 1. The van der Waals surface area contributed by atoms with E-state index in [2.05, 4.69) is 5.32 Å². The van der Waals surface area contributed by atoms with E-state index >= 15 is 0 Å². The fraction of sp³-hybridized carbons (Fsp3) is 0.429. The van der Waals surface area contributed by atoms with Crippen molar-refractivity contribution in [3.05, 3.63) is 33.9 Å². The molecule has 22 heavy (non-hydrogen) atoms. The smallest absolute Gasteiger partial charge is 0.326 e. The highest BCUT2D eigenvalue weighted by atomic mass is 16.6. The Morgan fingerprint density at radius 2 is 2.18 bits per heavy atom. The molecule has 2 N–H and O–H groups in total. The topological polar surface area (TPSA) is 119 Å². The Kier molecular flexibility index (Phi) is 4.59. The average molecular weight is 308 g/mol. The Morgan fingerprint density at radius 1 is 1.50 bits per heavy atom. The molecule has 8 heteroatoms. The number of nitrogens with zero attached hydrogens (tertiary/aromatic N) is 1. The van der Waals surface area contributed by atoms with E-state index < -0.39 is 22.8 Å². The summed E-state index contributed by atoms with van der Waals surface area (Å²) in [4.78, 5) is 33.5. The number of nitro benzene ring substituents is 1. The fourth-order valence-electron chi connectivity index (χ4n) is 2.12. The number of carboxylic acids is 1. The van der Waals surface area contributed by atoms with Crippen LogP contribution in [-0.4, -0.2) is 35.1 Å². The van der Waals surface area contributed by atoms with Crippen LogP contribution in [0, 0.1) is 16.0 Å². The number of hydrogen-bond donors (Lipinski definition) is 2. The van der Waals surface area contributed by atoms with E-state index in [1.165, 1.54) is 19.2 Å². The summed E-state index contributed by atoms with van der Waals surface area (Å²) in [7, 11) is 1.29. The van der Waals surface area contributed by atoms with Gasteiger partial charge in [-0.15, -0.1) is 0 Å². The molecule has 1 atom stereocenters. The third-order valence-electron chi connectivity index (χ3n) is 3.51. The molecule has 1 unspecified atom stereocenters. The van der Waals surface area contributed by atoms with Gasteiger partial charge in [-0.2, -0.15) is 0 Å². The summed E-state index contributed by atoms with van der Waals surface area (Å²) in [5.41, 5.74) is -0.321. The van der Waals surface area contributed by atoms with E-state index in [0.29, 0.717) is 12.3 Å². The van der Waals surface area contributed by atoms with Crippen LogP contribution in [-0.2, 0) is 4.79 Å². The molecule has 0 bridgehead atoms. The van der Waals surface area contributed by atoms with Gasteiger partial charge in [-0.25, -0.2) is 4.79 Å². The molecule has 1 fully saturated rings. The number of carbonyl (C=O) groups excluding carboxylic acids is 1. The number of amides is 1. The predicted octanol–water partition coefficient (Wildman–Crippen LogP) is 1.59. The number of ether oxygens (including phenoxy) is 1. The van der Waals surface area contributed by atoms with Gasteiger partial charge in [-0.3, -0.25) is 14.9 Å². The van der Waals surface area contributed by atoms with Crippen LogP contribution in [0.4, 0.5) is 5.69 Å². The number of benzene rings is 1. The number of rotatable bonds is 7. The van der Waals surface area contributed by atoms with Crippen molar-refractivity contribution in [3.8, 4) is 5.75 Å². The molecule has 1 saturated carbocycles. The molecular weight excluding hydrogens is 292 g/mol. The van der Waals surface area contributed by atoms with E-state index in [4.69, 9.17) is 9.84 Å². The second-order valence-electron chi connectivity index (χ2n) is 5.19. The third-order valence-corrected chi connectivity index (χ3v) is 3.51. The van der Waals surface area contributed by atoms with Crippen molar-refractivity contribution in [1.82, 2.24) is 5.32 Å². The Morgan fingerprint density at radius 3 is 2.68 bits per heavy atom. The Hall–Kier alpha value is -2.64. The van der Waals surface area contributed by atoms with Crippen molar-refractivity contribution in [3.63, 3.8) is 0 Å². The summed E-state index contributed by atoms with van der Waals surface area (Å²) >= 11 is 0. The van der Waals surface area contributed by atoms with Crippen LogP contribution in [0.5, 0.6) is 5.75 Å². The zero-order chi connectivity index (χ0) is 16.3. The van der Waals surface area contributed by atoms with E-state index in [9.17, 15) is 19.7 Å². The number of carboxylic acid groups (broad SMARTS) is 1. The van der Waals surface area contributed by atoms with Crippen LogP contribution in [0.3, 0.4) is 0 Å². The lowest BCUT2D eigenvalue weighted by Gasteiger charge is -2.14. The highest BCUT2D eigenvalue weighted by molar-refractivity contribution is 5.97. The summed E-state index contributed by atoms with van der Waals surface area (Å²) in [6, 6.07) is 2.76. The van der Waals surface area contributed by atoms with E-state index in [-0.39, 0.29) is 17.0 Å². The van der Waals surface area contributed by atoms with Crippen molar-refractivity contribution in [2.75, 3.05) is 7.11 Å². The molecule has 0 radical (unpaired) electrons. The SMILES string of the molecule is COc1ccc(C(=O)NC(CC2CC2)C(=O)O)cc1[N+](=O)[O-]. The maximum absolute atomic E-state index is 12.1. The molecule has 2 rings (SSSR count). The van der Waals surface area contributed by atoms with Crippen molar-refractivity contribution in [1.29, 1.82) is 0 Å². The lowest BCUT2D eigenvalue weighted by atomic mass is 10.1. The molecule has 8 nitrogen and oxygen atoms in total. The van der Waals surface area contributed by atoms with Crippen LogP contribution in [0.25, 0.3) is 0 Å². The van der Waals surface area contributed by atoms with Gasteiger partial charge in [-0.05, 0) is 24.5 Å². The third kappa shape index (κ3) is 3.72. The van der Waals surface area contributed by atoms with Crippen LogP contribution >= 0.6 is 0 Å². The number of nitro groups is 1. The standard InChI is InChI=1S/C14H16N2O6/c1-22-12-5-4-9(7-11(12)16(20)21)13(17)15-10(14(18)19)6-8-2-3-8/h4-5,7-8,10H,2-3,6H2,1H3,(H,15,17)(H,18,19). The minimum absolute atomic E-state index is 0.0227. The molecule has 0 spiro atoms. The summed E-state index contributed by atoms with van der Waals surface area (Å²) in [6.45, 7) is 0. The van der Waals surface area contributed by atoms with Crippen molar-refractivity contribution >= 4 is 17.6 Å². The first-order valence-electron chi connectivity index (χ1n) is 6.78. The Bertz CT molecular complexity index is 611. The van der Waals surface area contributed by atoms with Gasteiger partial charge in [0.05, 0.1) is 12.0 Å². The highest BCUT2D eigenvalue weighted by Gasteiger charge is 2.30. The molecule has 1 aliphatic carbocycles. The predicted molar refractivity (Wildman–Crippen MR) is 75.9 cm³/mol. The molecule has 1 aromatic carbocycles. The van der Waals surface area contributed by atoms with E-state index in [0.717, 1.165) is 18.9 Å². The number of carbonyl (C=O) groups is 2. The van der Waals surface area contributed by atoms with E-state index in [1.54, 1.807) is 0 Å². The summed E-state index contributed by atoms with van der Waals surface area (Å²) in [5, 5.41) is 22.5. The lowest BCUT2D eigenvalue weighted by molar-refractivity contribution is -0.385.